The van der Waals surface area contributed by atoms with Crippen molar-refractivity contribution in [1.29, 1.82) is 0 Å². The van der Waals surface area contributed by atoms with Crippen LogP contribution in [0.1, 0.15) is 21.9 Å². The minimum Gasteiger partial charge on any atom is -0.463 e. The van der Waals surface area contributed by atoms with E-state index >= 15 is 0 Å². The van der Waals surface area contributed by atoms with Gasteiger partial charge in [0.05, 0.1) is 18.6 Å². The highest BCUT2D eigenvalue weighted by atomic mass is 35.5. The fraction of sp³-hybridized carbons (Fsp3) is 0.111. The van der Waals surface area contributed by atoms with E-state index in [9.17, 15) is 19.2 Å². The number of carbonyl (C=O) groups excluding carboxylic acids is 4. The molecule has 0 unspecified atom stereocenters. The maximum Gasteiger partial charge on any atom is 0.373 e. The molecule has 2 aromatic heterocycles. The van der Waals surface area contributed by atoms with Crippen molar-refractivity contribution < 1.29 is 28.3 Å². The molecular formula is C27H20ClN3O6S. The van der Waals surface area contributed by atoms with Crippen LogP contribution in [-0.2, 0) is 27.4 Å². The Labute approximate surface area is 226 Å². The molecule has 11 heteroatoms. The average molecular weight is 550 g/mol. The number of para-hydroxylation sites is 1. The third-order valence-electron chi connectivity index (χ3n) is 5.78. The SMILES string of the molecule is COC(=O)c1ccc(CN2C(=O)S/C(=C/c3cn(CC(=O)Nc4ccc(Cl)cc4)c4ccccc34)C2=O)o1. The number of rotatable bonds is 7. The molecule has 1 N–H and O–H groups in total. The van der Waals surface area contributed by atoms with Crippen LogP contribution < -0.4 is 5.32 Å². The van der Waals surface area contributed by atoms with Gasteiger partial charge in [0.25, 0.3) is 11.1 Å². The Kier molecular flexibility index (Phi) is 7.08. The number of furan rings is 1. The third-order valence-corrected chi connectivity index (χ3v) is 6.94. The number of fused-ring (bicyclic) bond motifs is 1. The highest BCUT2D eigenvalue weighted by Gasteiger charge is 2.36. The first kappa shape index (κ1) is 25.4. The molecule has 0 atom stereocenters. The Balaban J connectivity index is 1.36. The maximum atomic E-state index is 13.1. The third kappa shape index (κ3) is 5.22. The summed E-state index contributed by atoms with van der Waals surface area (Å²) in [6.45, 7) is -0.0783. The number of esters is 1. The van der Waals surface area contributed by atoms with Gasteiger partial charge in [-0.15, -0.1) is 0 Å². The van der Waals surface area contributed by atoms with Crippen molar-refractivity contribution in [3.63, 3.8) is 0 Å². The summed E-state index contributed by atoms with van der Waals surface area (Å²) in [5, 5.41) is 3.78. The Bertz CT molecular complexity index is 1600. The minimum absolute atomic E-state index is 0.0158. The molecule has 1 aliphatic rings. The van der Waals surface area contributed by atoms with Crippen molar-refractivity contribution in [2.45, 2.75) is 13.1 Å². The molecule has 2 aromatic carbocycles. The second-order valence-electron chi connectivity index (χ2n) is 8.31. The second kappa shape index (κ2) is 10.6. The van der Waals surface area contributed by atoms with Crippen molar-refractivity contribution in [3.05, 3.63) is 93.9 Å². The van der Waals surface area contributed by atoms with Crippen LogP contribution in [-0.4, -0.2) is 39.6 Å². The van der Waals surface area contributed by atoms with Gasteiger partial charge in [-0.1, -0.05) is 29.8 Å². The van der Waals surface area contributed by atoms with E-state index < -0.39 is 17.1 Å². The largest absolute Gasteiger partial charge is 0.463 e. The number of amides is 3. The lowest BCUT2D eigenvalue weighted by Crippen LogP contribution is -2.27. The molecule has 9 nitrogen and oxygen atoms in total. The molecular weight excluding hydrogens is 530 g/mol. The van der Waals surface area contributed by atoms with Crippen LogP contribution in [0.4, 0.5) is 10.5 Å². The monoisotopic (exact) mass is 549 g/mol. The number of benzene rings is 2. The van der Waals surface area contributed by atoms with Crippen molar-refractivity contribution in [1.82, 2.24) is 9.47 Å². The molecule has 0 aliphatic carbocycles. The standard InChI is InChI=1S/C27H20ClN3O6S/c1-36-26(34)22-11-10-19(37-22)14-31-25(33)23(38-27(31)35)12-16-13-30(21-5-3-2-4-20(16)21)15-24(32)29-18-8-6-17(28)7-9-18/h2-13H,14-15H2,1H3,(H,29,32)/b23-12+. The number of hydrogen-bond donors (Lipinski definition) is 1. The first-order chi connectivity index (χ1) is 18.3. The number of imide groups is 1. The lowest BCUT2D eigenvalue weighted by atomic mass is 10.1. The molecule has 0 spiro atoms. The van der Waals surface area contributed by atoms with Gasteiger partial charge in [-0.25, -0.2) is 4.79 Å². The molecule has 1 saturated heterocycles. The number of hydrogen-bond acceptors (Lipinski definition) is 7. The molecule has 0 radical (unpaired) electrons. The topological polar surface area (TPSA) is 111 Å². The van der Waals surface area contributed by atoms with Gasteiger partial charge in [0, 0.05) is 33.4 Å². The van der Waals surface area contributed by atoms with Crippen molar-refractivity contribution in [2.75, 3.05) is 12.4 Å². The normalized spacial score (nSPS) is 14.5. The van der Waals surface area contributed by atoms with E-state index in [1.54, 1.807) is 41.1 Å². The number of nitrogens with one attached hydrogen (secondary N) is 1. The highest BCUT2D eigenvalue weighted by Crippen LogP contribution is 2.35. The predicted octanol–water partition coefficient (Wildman–Crippen LogP) is 5.55. The second-order valence-corrected chi connectivity index (χ2v) is 9.74. The average Bonchev–Trinajstić information content (AvgIpc) is 3.59. The first-order valence-corrected chi connectivity index (χ1v) is 12.6. The molecule has 5 rings (SSSR count). The summed E-state index contributed by atoms with van der Waals surface area (Å²) in [6.07, 6.45) is 3.41. The number of halogens is 1. The van der Waals surface area contributed by atoms with Crippen LogP contribution in [0.2, 0.25) is 5.02 Å². The van der Waals surface area contributed by atoms with E-state index in [1.807, 2.05) is 24.3 Å². The molecule has 38 heavy (non-hydrogen) atoms. The minimum atomic E-state index is -0.650. The first-order valence-electron chi connectivity index (χ1n) is 11.4. The van der Waals surface area contributed by atoms with E-state index in [-0.39, 0.29) is 35.4 Å². The van der Waals surface area contributed by atoms with E-state index in [1.165, 1.54) is 19.2 Å². The lowest BCUT2D eigenvalue weighted by molar-refractivity contribution is -0.123. The fourth-order valence-corrected chi connectivity index (χ4v) is 4.97. The highest BCUT2D eigenvalue weighted by molar-refractivity contribution is 8.18. The van der Waals surface area contributed by atoms with Gasteiger partial charge in [-0.05, 0) is 60.3 Å². The fourth-order valence-electron chi connectivity index (χ4n) is 4.02. The summed E-state index contributed by atoms with van der Waals surface area (Å²) in [5.41, 5.74) is 2.12. The molecule has 3 amide bonds. The maximum absolute atomic E-state index is 13.1. The van der Waals surface area contributed by atoms with Gasteiger partial charge < -0.3 is 19.0 Å². The number of anilines is 1. The number of methoxy groups -OCH3 is 1. The zero-order valence-electron chi connectivity index (χ0n) is 20.0. The number of nitrogens with zero attached hydrogens (tertiary/aromatic N) is 2. The Morgan fingerprint density at radius 3 is 2.61 bits per heavy atom. The molecule has 1 fully saturated rings. The van der Waals surface area contributed by atoms with Crippen LogP contribution in [0.15, 0.2) is 76.2 Å². The van der Waals surface area contributed by atoms with Crippen LogP contribution in [0.3, 0.4) is 0 Å². The molecule has 4 aromatic rings. The lowest BCUT2D eigenvalue weighted by Gasteiger charge is -2.09. The summed E-state index contributed by atoms with van der Waals surface area (Å²) in [7, 11) is 1.23. The zero-order valence-corrected chi connectivity index (χ0v) is 21.5. The summed E-state index contributed by atoms with van der Waals surface area (Å²) < 4.78 is 11.8. The van der Waals surface area contributed by atoms with Crippen LogP contribution in [0, 0.1) is 0 Å². The van der Waals surface area contributed by atoms with Gasteiger partial charge in [0.2, 0.25) is 11.7 Å². The number of carbonyl (C=O) groups is 4. The quantitative estimate of drug-likeness (QED) is 0.238. The van der Waals surface area contributed by atoms with Gasteiger partial charge in [0.1, 0.15) is 12.3 Å². The van der Waals surface area contributed by atoms with E-state index in [2.05, 4.69) is 10.1 Å². The van der Waals surface area contributed by atoms with Crippen LogP contribution in [0.5, 0.6) is 0 Å². The predicted molar refractivity (Wildman–Crippen MR) is 144 cm³/mol. The van der Waals surface area contributed by atoms with Gasteiger partial charge in [0.15, 0.2) is 0 Å². The van der Waals surface area contributed by atoms with Crippen LogP contribution >= 0.6 is 23.4 Å². The zero-order chi connectivity index (χ0) is 26.8. The van der Waals surface area contributed by atoms with E-state index in [0.717, 1.165) is 27.6 Å². The summed E-state index contributed by atoms with van der Waals surface area (Å²) >= 11 is 6.72. The summed E-state index contributed by atoms with van der Waals surface area (Å²) in [4.78, 5) is 51.3. The van der Waals surface area contributed by atoms with Crippen molar-refractivity contribution in [2.24, 2.45) is 0 Å². The molecule has 0 saturated carbocycles. The summed E-state index contributed by atoms with van der Waals surface area (Å²) in [6, 6.07) is 17.2. The van der Waals surface area contributed by atoms with Gasteiger partial charge in [-0.3, -0.25) is 19.3 Å². The Hall–Kier alpha value is -4.28. The number of ether oxygens (including phenoxy) is 1. The summed E-state index contributed by atoms with van der Waals surface area (Å²) in [5.74, 6) is -1.10. The van der Waals surface area contributed by atoms with Gasteiger partial charge >= 0.3 is 5.97 Å². The van der Waals surface area contributed by atoms with Crippen LogP contribution in [0.25, 0.3) is 17.0 Å². The molecule has 192 valence electrons. The number of thioether (sulfide) groups is 1. The van der Waals surface area contributed by atoms with Gasteiger partial charge in [-0.2, -0.15) is 0 Å². The van der Waals surface area contributed by atoms with E-state index in [0.29, 0.717) is 16.3 Å². The molecule has 1 aliphatic heterocycles. The smallest absolute Gasteiger partial charge is 0.373 e. The number of aromatic nitrogens is 1. The van der Waals surface area contributed by atoms with Crippen molar-refractivity contribution in [3.8, 4) is 0 Å². The van der Waals surface area contributed by atoms with Crippen molar-refractivity contribution >= 4 is 69.1 Å². The van der Waals surface area contributed by atoms with E-state index in [4.69, 9.17) is 16.0 Å². The Morgan fingerprint density at radius 1 is 1.08 bits per heavy atom. The molecule has 3 heterocycles. The molecule has 0 bridgehead atoms. The Morgan fingerprint density at radius 2 is 1.84 bits per heavy atom.